The maximum Gasteiger partial charge on any atom is 0.326 e. The molecule has 0 saturated heterocycles. The van der Waals surface area contributed by atoms with Crippen molar-refractivity contribution in [3.05, 3.63) is 30.5 Å². The van der Waals surface area contributed by atoms with Crippen LogP contribution < -0.4 is 5.32 Å². The molecule has 1 aromatic heterocycles. The van der Waals surface area contributed by atoms with Crippen LogP contribution in [0.5, 0.6) is 0 Å². The molecular weight excluding hydrogens is 230 g/mol. The smallest absolute Gasteiger partial charge is 0.326 e. The molecule has 18 heavy (non-hydrogen) atoms. The van der Waals surface area contributed by atoms with Crippen molar-refractivity contribution in [1.29, 1.82) is 0 Å². The molecule has 1 saturated carbocycles. The predicted molar refractivity (Wildman–Crippen MR) is 67.3 cm³/mol. The summed E-state index contributed by atoms with van der Waals surface area (Å²) in [5, 5.41) is 21.1. The molecule has 5 heteroatoms. The Labute approximate surface area is 104 Å². The van der Waals surface area contributed by atoms with Crippen LogP contribution in [0.15, 0.2) is 30.5 Å². The standard InChI is InChI=1S/C13H13N3O2/c17-13(18)12(8-5-6-8)15-11-7-14-16-10-4-2-1-3-9(10)11/h1-4,7-8,12H,5-6H2,(H,15,16)(H,17,18). The normalized spacial score (nSPS) is 16.4. The molecule has 1 fully saturated rings. The second kappa shape index (κ2) is 4.25. The molecule has 2 N–H and O–H groups in total. The predicted octanol–water partition coefficient (Wildman–Crippen LogP) is 1.90. The van der Waals surface area contributed by atoms with Gasteiger partial charge in [0.1, 0.15) is 6.04 Å². The van der Waals surface area contributed by atoms with Gasteiger partial charge in [-0.05, 0) is 24.8 Å². The summed E-state index contributed by atoms with van der Waals surface area (Å²) in [5.74, 6) is -0.576. The largest absolute Gasteiger partial charge is 0.480 e. The van der Waals surface area contributed by atoms with Crippen LogP contribution in [0.1, 0.15) is 12.8 Å². The van der Waals surface area contributed by atoms with E-state index in [1.54, 1.807) is 6.20 Å². The molecule has 1 atom stereocenters. The molecule has 1 unspecified atom stereocenters. The summed E-state index contributed by atoms with van der Waals surface area (Å²) in [6.45, 7) is 0. The number of carboxylic acid groups (broad SMARTS) is 1. The van der Waals surface area contributed by atoms with E-state index in [4.69, 9.17) is 0 Å². The van der Waals surface area contributed by atoms with Crippen molar-refractivity contribution in [2.24, 2.45) is 5.92 Å². The molecule has 3 rings (SSSR count). The average Bonchev–Trinajstić information content (AvgIpc) is 3.20. The van der Waals surface area contributed by atoms with Gasteiger partial charge in [0.2, 0.25) is 0 Å². The van der Waals surface area contributed by atoms with Gasteiger partial charge in [-0.3, -0.25) is 0 Å². The third kappa shape index (κ3) is 1.99. The quantitative estimate of drug-likeness (QED) is 0.857. The molecule has 2 aromatic rings. The topological polar surface area (TPSA) is 75.1 Å². The molecular formula is C13H13N3O2. The van der Waals surface area contributed by atoms with Gasteiger partial charge in [-0.1, -0.05) is 18.2 Å². The maximum absolute atomic E-state index is 11.2. The fourth-order valence-electron chi connectivity index (χ4n) is 2.10. The highest BCUT2D eigenvalue weighted by atomic mass is 16.4. The zero-order valence-corrected chi connectivity index (χ0v) is 9.71. The first-order valence-electron chi connectivity index (χ1n) is 5.95. The number of aliphatic carboxylic acids is 1. The van der Waals surface area contributed by atoms with Crippen LogP contribution in [0.25, 0.3) is 10.9 Å². The summed E-state index contributed by atoms with van der Waals surface area (Å²) in [6, 6.07) is 7.04. The van der Waals surface area contributed by atoms with Crippen molar-refractivity contribution >= 4 is 22.6 Å². The van der Waals surface area contributed by atoms with Crippen LogP contribution in [0.4, 0.5) is 5.69 Å². The molecule has 0 amide bonds. The molecule has 0 aliphatic heterocycles. The van der Waals surface area contributed by atoms with E-state index < -0.39 is 12.0 Å². The van der Waals surface area contributed by atoms with E-state index >= 15 is 0 Å². The fraction of sp³-hybridized carbons (Fsp3) is 0.308. The van der Waals surface area contributed by atoms with Crippen molar-refractivity contribution in [2.75, 3.05) is 5.32 Å². The molecule has 1 heterocycles. The van der Waals surface area contributed by atoms with Gasteiger partial charge in [-0.15, -0.1) is 0 Å². The number of carboxylic acids is 1. The number of carbonyl (C=O) groups is 1. The number of aromatic nitrogens is 2. The van der Waals surface area contributed by atoms with Crippen LogP contribution in [0.3, 0.4) is 0 Å². The lowest BCUT2D eigenvalue weighted by Crippen LogP contribution is -2.31. The first-order chi connectivity index (χ1) is 8.75. The number of hydrogen-bond acceptors (Lipinski definition) is 4. The van der Waals surface area contributed by atoms with E-state index in [-0.39, 0.29) is 5.92 Å². The number of nitrogens with zero attached hydrogens (tertiary/aromatic N) is 2. The highest BCUT2D eigenvalue weighted by Crippen LogP contribution is 2.35. The summed E-state index contributed by atoms with van der Waals surface area (Å²) in [6.07, 6.45) is 3.53. The summed E-state index contributed by atoms with van der Waals surface area (Å²) >= 11 is 0. The lowest BCUT2D eigenvalue weighted by Gasteiger charge is -2.15. The van der Waals surface area contributed by atoms with Gasteiger partial charge in [0, 0.05) is 5.39 Å². The monoisotopic (exact) mass is 243 g/mol. The van der Waals surface area contributed by atoms with Crippen LogP contribution in [-0.4, -0.2) is 27.3 Å². The number of benzene rings is 1. The highest BCUT2D eigenvalue weighted by molar-refractivity contribution is 5.92. The second-order valence-electron chi connectivity index (χ2n) is 4.57. The van der Waals surface area contributed by atoms with Crippen LogP contribution >= 0.6 is 0 Å². The van der Waals surface area contributed by atoms with Crippen molar-refractivity contribution in [1.82, 2.24) is 10.2 Å². The van der Waals surface area contributed by atoms with Gasteiger partial charge in [-0.2, -0.15) is 10.2 Å². The minimum absolute atomic E-state index is 0.231. The van der Waals surface area contributed by atoms with E-state index in [1.807, 2.05) is 24.3 Å². The minimum atomic E-state index is -0.807. The second-order valence-corrected chi connectivity index (χ2v) is 4.57. The zero-order valence-electron chi connectivity index (χ0n) is 9.71. The average molecular weight is 243 g/mol. The summed E-state index contributed by atoms with van der Waals surface area (Å²) in [4.78, 5) is 11.2. The van der Waals surface area contributed by atoms with E-state index in [2.05, 4.69) is 15.5 Å². The molecule has 1 aliphatic rings. The fourth-order valence-corrected chi connectivity index (χ4v) is 2.10. The van der Waals surface area contributed by atoms with Crippen LogP contribution in [0.2, 0.25) is 0 Å². The van der Waals surface area contributed by atoms with Crippen LogP contribution in [0, 0.1) is 5.92 Å². The van der Waals surface area contributed by atoms with Crippen molar-refractivity contribution in [2.45, 2.75) is 18.9 Å². The van der Waals surface area contributed by atoms with Crippen molar-refractivity contribution in [3.8, 4) is 0 Å². The third-order valence-electron chi connectivity index (χ3n) is 3.22. The molecule has 0 bridgehead atoms. The Kier molecular flexibility index (Phi) is 2.59. The van der Waals surface area contributed by atoms with Gasteiger partial charge in [0.15, 0.2) is 0 Å². The number of nitrogens with one attached hydrogen (secondary N) is 1. The lowest BCUT2D eigenvalue weighted by atomic mass is 10.1. The maximum atomic E-state index is 11.2. The Morgan fingerprint density at radius 2 is 2.17 bits per heavy atom. The highest BCUT2D eigenvalue weighted by Gasteiger charge is 2.36. The Morgan fingerprint density at radius 3 is 2.89 bits per heavy atom. The number of anilines is 1. The Hall–Kier alpha value is -2.17. The summed E-state index contributed by atoms with van der Waals surface area (Å²) < 4.78 is 0. The Bertz CT molecular complexity index is 590. The van der Waals surface area contributed by atoms with Gasteiger partial charge >= 0.3 is 5.97 Å². The van der Waals surface area contributed by atoms with E-state index in [1.165, 1.54) is 0 Å². The van der Waals surface area contributed by atoms with Crippen molar-refractivity contribution < 1.29 is 9.90 Å². The van der Waals surface area contributed by atoms with E-state index in [9.17, 15) is 9.90 Å². The molecule has 92 valence electrons. The Morgan fingerprint density at radius 1 is 1.39 bits per heavy atom. The SMILES string of the molecule is O=C(O)C(Nc1cnnc2ccccc12)C1CC1. The third-order valence-corrected chi connectivity index (χ3v) is 3.22. The van der Waals surface area contributed by atoms with Gasteiger partial charge in [0.05, 0.1) is 17.4 Å². The molecule has 5 nitrogen and oxygen atoms in total. The van der Waals surface area contributed by atoms with Gasteiger partial charge in [-0.25, -0.2) is 4.79 Å². The van der Waals surface area contributed by atoms with Crippen LogP contribution in [-0.2, 0) is 4.79 Å². The van der Waals surface area contributed by atoms with E-state index in [0.29, 0.717) is 0 Å². The Balaban J connectivity index is 1.96. The lowest BCUT2D eigenvalue weighted by molar-refractivity contribution is -0.138. The van der Waals surface area contributed by atoms with Gasteiger partial charge in [0.25, 0.3) is 0 Å². The molecule has 0 radical (unpaired) electrons. The summed E-state index contributed by atoms with van der Waals surface area (Å²) in [7, 11) is 0. The number of rotatable bonds is 4. The zero-order chi connectivity index (χ0) is 12.5. The van der Waals surface area contributed by atoms with Crippen molar-refractivity contribution in [3.63, 3.8) is 0 Å². The first-order valence-corrected chi connectivity index (χ1v) is 5.95. The molecule has 1 aromatic carbocycles. The molecule has 1 aliphatic carbocycles. The van der Waals surface area contributed by atoms with E-state index in [0.717, 1.165) is 29.4 Å². The molecule has 0 spiro atoms. The minimum Gasteiger partial charge on any atom is -0.480 e. The van der Waals surface area contributed by atoms with Gasteiger partial charge < -0.3 is 10.4 Å². The summed E-state index contributed by atoms with van der Waals surface area (Å²) in [5.41, 5.74) is 1.50. The first kappa shape index (κ1) is 11.0. The number of fused-ring (bicyclic) bond motifs is 1. The number of hydrogen-bond donors (Lipinski definition) is 2.